The van der Waals surface area contributed by atoms with Crippen molar-refractivity contribution in [2.45, 2.75) is 18.8 Å². The highest BCUT2D eigenvalue weighted by Crippen LogP contribution is 2.19. The topological polar surface area (TPSA) is 64.8 Å². The molecular weight excluding hydrogens is 354 g/mol. The first-order chi connectivity index (χ1) is 8.90. The number of alkyl halides is 1. The second-order valence-corrected chi connectivity index (χ2v) is 7.74. The Kier molecular flexibility index (Phi) is 4.47. The minimum Gasteiger partial charge on any atom is -0.312 e. The number of hydrogen-bond acceptors (Lipinski definition) is 4. The molecule has 0 aliphatic heterocycles. The van der Waals surface area contributed by atoms with Crippen LogP contribution in [0.1, 0.15) is 12.2 Å². The van der Waals surface area contributed by atoms with Crippen molar-refractivity contribution in [1.82, 2.24) is 14.5 Å². The fraction of sp³-hybridized carbons (Fsp3) is 0.455. The second kappa shape index (κ2) is 5.76. The quantitative estimate of drug-likeness (QED) is 0.762. The van der Waals surface area contributed by atoms with E-state index in [1.165, 1.54) is 6.26 Å². The molecule has 2 aromatic heterocycles. The SMILES string of the molecule is CS(=O)(=O)CCCn1c(CCl)nc2cc(Br)cnc21. The number of aromatic nitrogens is 3. The van der Waals surface area contributed by atoms with E-state index in [1.807, 2.05) is 10.6 Å². The highest BCUT2D eigenvalue weighted by molar-refractivity contribution is 9.10. The van der Waals surface area contributed by atoms with Gasteiger partial charge in [0, 0.05) is 23.5 Å². The highest BCUT2D eigenvalue weighted by Gasteiger charge is 2.12. The van der Waals surface area contributed by atoms with E-state index in [0.29, 0.717) is 18.8 Å². The molecule has 5 nitrogen and oxygen atoms in total. The van der Waals surface area contributed by atoms with E-state index in [2.05, 4.69) is 25.9 Å². The number of fused-ring (bicyclic) bond motifs is 1. The molecule has 0 N–H and O–H groups in total. The van der Waals surface area contributed by atoms with E-state index < -0.39 is 9.84 Å². The number of halogens is 2. The van der Waals surface area contributed by atoms with Crippen LogP contribution in [0.3, 0.4) is 0 Å². The molecule has 0 saturated heterocycles. The maximum Gasteiger partial charge on any atom is 0.160 e. The minimum absolute atomic E-state index is 0.144. The first-order valence-corrected chi connectivity index (χ1v) is 9.04. The Bertz CT molecular complexity index is 699. The number of aryl methyl sites for hydroxylation is 1. The molecular formula is C11H13BrClN3O2S. The molecule has 0 aliphatic rings. The number of sulfone groups is 1. The summed E-state index contributed by atoms with van der Waals surface area (Å²) in [5.74, 6) is 1.12. The average Bonchev–Trinajstić information content (AvgIpc) is 2.65. The fourth-order valence-corrected chi connectivity index (χ4v) is 3.03. The van der Waals surface area contributed by atoms with Gasteiger partial charge in [-0.1, -0.05) is 0 Å². The van der Waals surface area contributed by atoms with Crippen LogP contribution in [0.4, 0.5) is 0 Å². The number of hydrogen-bond donors (Lipinski definition) is 0. The maximum absolute atomic E-state index is 11.1. The summed E-state index contributed by atoms with van der Waals surface area (Å²) in [5.41, 5.74) is 1.48. The van der Waals surface area contributed by atoms with Crippen LogP contribution < -0.4 is 0 Å². The van der Waals surface area contributed by atoms with E-state index in [9.17, 15) is 8.42 Å². The van der Waals surface area contributed by atoms with Gasteiger partial charge in [0.1, 0.15) is 21.2 Å². The van der Waals surface area contributed by atoms with Crippen LogP contribution in [0.2, 0.25) is 0 Å². The fourth-order valence-electron chi connectivity index (χ4n) is 1.86. The molecule has 0 fully saturated rings. The van der Waals surface area contributed by atoms with Gasteiger partial charge >= 0.3 is 0 Å². The van der Waals surface area contributed by atoms with Crippen LogP contribution in [0, 0.1) is 0 Å². The van der Waals surface area contributed by atoms with Gasteiger partial charge in [0.2, 0.25) is 0 Å². The smallest absolute Gasteiger partial charge is 0.160 e. The van der Waals surface area contributed by atoms with Gasteiger partial charge in [0.05, 0.1) is 11.6 Å². The highest BCUT2D eigenvalue weighted by atomic mass is 79.9. The summed E-state index contributed by atoms with van der Waals surface area (Å²) in [6, 6.07) is 1.87. The molecule has 0 saturated carbocycles. The van der Waals surface area contributed by atoms with Gasteiger partial charge < -0.3 is 4.57 Å². The van der Waals surface area contributed by atoms with Crippen molar-refractivity contribution in [3.05, 3.63) is 22.6 Å². The van der Waals surface area contributed by atoms with Crippen molar-refractivity contribution in [3.8, 4) is 0 Å². The van der Waals surface area contributed by atoms with Crippen LogP contribution >= 0.6 is 27.5 Å². The third-order valence-corrected chi connectivity index (χ3v) is 4.35. The summed E-state index contributed by atoms with van der Waals surface area (Å²) in [4.78, 5) is 8.71. The van der Waals surface area contributed by atoms with Crippen molar-refractivity contribution >= 4 is 48.5 Å². The molecule has 0 atom stereocenters. The Hall–Kier alpha value is -0.660. The number of pyridine rings is 1. The molecule has 8 heteroatoms. The van der Waals surface area contributed by atoms with E-state index in [-0.39, 0.29) is 11.6 Å². The molecule has 0 spiro atoms. The molecule has 19 heavy (non-hydrogen) atoms. The predicted octanol–water partition coefficient (Wildman–Crippen LogP) is 2.37. The summed E-state index contributed by atoms with van der Waals surface area (Å²) in [7, 11) is -2.95. The van der Waals surface area contributed by atoms with E-state index in [0.717, 1.165) is 15.6 Å². The van der Waals surface area contributed by atoms with E-state index in [1.54, 1.807) is 6.20 Å². The lowest BCUT2D eigenvalue weighted by atomic mass is 10.4. The van der Waals surface area contributed by atoms with Crippen LogP contribution in [-0.4, -0.2) is 35.0 Å². The number of nitrogens with zero attached hydrogens (tertiary/aromatic N) is 3. The predicted molar refractivity (Wildman–Crippen MR) is 79.1 cm³/mol. The molecule has 0 bridgehead atoms. The Morgan fingerprint density at radius 1 is 1.47 bits per heavy atom. The average molecular weight is 367 g/mol. The van der Waals surface area contributed by atoms with Crippen molar-refractivity contribution in [1.29, 1.82) is 0 Å². The minimum atomic E-state index is -2.95. The van der Waals surface area contributed by atoms with Crippen molar-refractivity contribution in [3.63, 3.8) is 0 Å². The molecule has 2 heterocycles. The van der Waals surface area contributed by atoms with Crippen LogP contribution in [0.5, 0.6) is 0 Å². The Morgan fingerprint density at radius 2 is 2.21 bits per heavy atom. The largest absolute Gasteiger partial charge is 0.312 e. The zero-order valence-electron chi connectivity index (χ0n) is 10.3. The summed E-state index contributed by atoms with van der Waals surface area (Å²) in [5, 5.41) is 0. The summed E-state index contributed by atoms with van der Waals surface area (Å²) < 4.78 is 25.0. The summed E-state index contributed by atoms with van der Waals surface area (Å²) in [6.07, 6.45) is 3.44. The third kappa shape index (κ3) is 3.67. The molecule has 104 valence electrons. The van der Waals surface area contributed by atoms with E-state index in [4.69, 9.17) is 11.6 Å². The maximum atomic E-state index is 11.1. The molecule has 0 unspecified atom stereocenters. The standard InChI is InChI=1S/C11H13BrClN3O2S/c1-19(17,18)4-2-3-16-10(6-13)15-9-5-8(12)7-14-11(9)16/h5,7H,2-4,6H2,1H3. The van der Waals surface area contributed by atoms with Crippen LogP contribution in [0.25, 0.3) is 11.2 Å². The lowest BCUT2D eigenvalue weighted by Gasteiger charge is -2.06. The van der Waals surface area contributed by atoms with Gasteiger partial charge in [-0.2, -0.15) is 0 Å². The van der Waals surface area contributed by atoms with Crippen molar-refractivity contribution in [2.24, 2.45) is 0 Å². The van der Waals surface area contributed by atoms with Crippen molar-refractivity contribution in [2.75, 3.05) is 12.0 Å². The molecule has 0 radical (unpaired) electrons. The lowest BCUT2D eigenvalue weighted by Crippen LogP contribution is -2.09. The first-order valence-electron chi connectivity index (χ1n) is 5.65. The van der Waals surface area contributed by atoms with E-state index >= 15 is 0 Å². The molecule has 2 rings (SSSR count). The van der Waals surface area contributed by atoms with Crippen LogP contribution in [0.15, 0.2) is 16.7 Å². The number of imidazole rings is 1. The van der Waals surface area contributed by atoms with Gasteiger partial charge in [-0.05, 0) is 28.4 Å². The van der Waals surface area contributed by atoms with Gasteiger partial charge in [-0.15, -0.1) is 11.6 Å². The normalized spacial score (nSPS) is 12.2. The Morgan fingerprint density at radius 3 is 2.84 bits per heavy atom. The van der Waals surface area contributed by atoms with Gasteiger partial charge in [0.25, 0.3) is 0 Å². The zero-order valence-corrected chi connectivity index (χ0v) is 13.5. The summed E-state index contributed by atoms with van der Waals surface area (Å²) >= 11 is 9.21. The Labute approximate surface area is 125 Å². The molecule has 2 aromatic rings. The molecule has 0 aromatic carbocycles. The first kappa shape index (κ1) is 14.7. The van der Waals surface area contributed by atoms with Gasteiger partial charge in [0.15, 0.2) is 5.65 Å². The van der Waals surface area contributed by atoms with Gasteiger partial charge in [-0.3, -0.25) is 0 Å². The Balaban J connectivity index is 2.30. The molecule has 0 amide bonds. The van der Waals surface area contributed by atoms with Crippen molar-refractivity contribution < 1.29 is 8.42 Å². The molecule has 0 aliphatic carbocycles. The summed E-state index contributed by atoms with van der Waals surface area (Å²) in [6.45, 7) is 0.542. The van der Waals surface area contributed by atoms with Gasteiger partial charge in [-0.25, -0.2) is 18.4 Å². The number of rotatable bonds is 5. The monoisotopic (exact) mass is 365 g/mol. The third-order valence-electron chi connectivity index (χ3n) is 2.65. The second-order valence-electron chi connectivity index (χ2n) is 4.29. The van der Waals surface area contributed by atoms with Crippen LogP contribution in [-0.2, 0) is 22.3 Å². The zero-order chi connectivity index (χ0) is 14.0. The lowest BCUT2D eigenvalue weighted by molar-refractivity contribution is 0.591.